The zero-order valence-electron chi connectivity index (χ0n) is 16.4. The molecular weight excluding hydrogens is 441 g/mol. The number of amides is 2. The second-order valence-corrected chi connectivity index (χ2v) is 8.06. The van der Waals surface area contributed by atoms with Crippen LogP contribution in [0.25, 0.3) is 0 Å². The van der Waals surface area contributed by atoms with Gasteiger partial charge in [-0.3, -0.25) is 0 Å². The number of urea groups is 1. The Morgan fingerprint density at radius 3 is 2.06 bits per heavy atom. The maximum absolute atomic E-state index is 13.3. The van der Waals surface area contributed by atoms with Gasteiger partial charge in [-0.1, -0.05) is 29.8 Å². The van der Waals surface area contributed by atoms with Crippen molar-refractivity contribution >= 4 is 27.7 Å². The molecule has 0 aliphatic carbocycles. The highest BCUT2D eigenvalue weighted by Crippen LogP contribution is 2.40. The Balaban J connectivity index is 2.18. The number of esters is 1. The van der Waals surface area contributed by atoms with Gasteiger partial charge in [0.1, 0.15) is 0 Å². The van der Waals surface area contributed by atoms with Gasteiger partial charge in [-0.15, -0.1) is 0 Å². The molecule has 0 aliphatic rings. The van der Waals surface area contributed by atoms with E-state index in [1.54, 1.807) is 11.6 Å². The number of ether oxygens (including phenoxy) is 1. The van der Waals surface area contributed by atoms with Gasteiger partial charge in [0.2, 0.25) is 0 Å². The molecule has 2 amide bonds. The van der Waals surface area contributed by atoms with E-state index in [4.69, 9.17) is 0 Å². The zero-order chi connectivity index (χ0) is 23.4. The number of carbonyl (C=O) groups is 2. The Labute approximate surface area is 176 Å². The predicted octanol–water partition coefficient (Wildman–Crippen LogP) is 2.82. The smallest absolute Gasteiger partial charge is 0.432 e. The number of anilines is 1. The number of sulfonamides is 1. The van der Waals surface area contributed by atoms with E-state index in [0.717, 1.165) is 29.8 Å². The van der Waals surface area contributed by atoms with Gasteiger partial charge < -0.3 is 15.2 Å². The number of aliphatic hydroxyl groups is 1. The van der Waals surface area contributed by atoms with Gasteiger partial charge in [-0.25, -0.2) is 22.7 Å². The molecule has 0 heterocycles. The summed E-state index contributed by atoms with van der Waals surface area (Å²) in [6.07, 6.45) is -5.37. The van der Waals surface area contributed by atoms with Gasteiger partial charge in [0.25, 0.3) is 15.6 Å². The third kappa shape index (κ3) is 5.33. The Kier molecular flexibility index (Phi) is 6.96. The molecule has 2 aromatic carbocycles. The van der Waals surface area contributed by atoms with Crippen LogP contribution in [-0.4, -0.2) is 38.3 Å². The van der Waals surface area contributed by atoms with E-state index in [9.17, 15) is 36.3 Å². The quantitative estimate of drug-likeness (QED) is 0.570. The van der Waals surface area contributed by atoms with Crippen LogP contribution in [-0.2, 0) is 25.2 Å². The molecule has 2 rings (SSSR count). The number of hydrogen-bond donors (Lipinski definition) is 3. The largest absolute Gasteiger partial charge is 0.463 e. The molecular formula is C19H19F3N2O6S. The Bertz CT molecular complexity index is 1050. The van der Waals surface area contributed by atoms with Crippen molar-refractivity contribution in [1.82, 2.24) is 4.72 Å². The van der Waals surface area contributed by atoms with Crippen LogP contribution < -0.4 is 10.0 Å². The lowest BCUT2D eigenvalue weighted by Crippen LogP contribution is -2.50. The van der Waals surface area contributed by atoms with Crippen molar-refractivity contribution in [3.8, 4) is 0 Å². The third-order valence-electron chi connectivity index (χ3n) is 4.10. The Morgan fingerprint density at radius 2 is 1.58 bits per heavy atom. The summed E-state index contributed by atoms with van der Waals surface area (Å²) in [4.78, 5) is 23.6. The highest BCUT2D eigenvalue weighted by Gasteiger charge is 2.62. The van der Waals surface area contributed by atoms with E-state index in [-0.39, 0.29) is 17.2 Å². The number of carbonyl (C=O) groups excluding carboxylic acids is 2. The third-order valence-corrected chi connectivity index (χ3v) is 5.45. The second kappa shape index (κ2) is 8.94. The van der Waals surface area contributed by atoms with Crippen LogP contribution in [0.2, 0.25) is 0 Å². The van der Waals surface area contributed by atoms with Gasteiger partial charge in [0.05, 0.1) is 11.5 Å². The first-order chi connectivity index (χ1) is 14.3. The van der Waals surface area contributed by atoms with E-state index in [2.05, 4.69) is 10.1 Å². The van der Waals surface area contributed by atoms with Gasteiger partial charge in [-0.2, -0.15) is 13.2 Å². The van der Waals surface area contributed by atoms with Crippen LogP contribution in [0, 0.1) is 6.92 Å². The number of aryl methyl sites for hydroxylation is 1. The minimum atomic E-state index is -5.37. The lowest BCUT2D eigenvalue weighted by Gasteiger charge is -2.28. The van der Waals surface area contributed by atoms with Crippen LogP contribution in [0.3, 0.4) is 0 Å². The standard InChI is InChI=1S/C19H19F3N2O6S/c1-3-30-16(25)18(27,19(20,21)22)13-6-8-14(9-7-13)23-17(26)24-31(28,29)15-10-4-12(2)5-11-15/h4-11,27H,3H2,1-2H3,(H2,23,24,26)/t18-/m0/s1. The van der Waals surface area contributed by atoms with Crippen molar-refractivity contribution in [2.45, 2.75) is 30.5 Å². The number of alkyl halides is 3. The molecule has 0 fully saturated rings. The molecule has 0 bridgehead atoms. The Hall–Kier alpha value is -3.12. The first-order valence-electron chi connectivity index (χ1n) is 8.78. The van der Waals surface area contributed by atoms with E-state index >= 15 is 0 Å². The molecule has 0 radical (unpaired) electrons. The molecule has 0 saturated carbocycles. The van der Waals surface area contributed by atoms with Crippen LogP contribution in [0.4, 0.5) is 23.7 Å². The maximum Gasteiger partial charge on any atom is 0.432 e. The van der Waals surface area contributed by atoms with Gasteiger partial charge in [0, 0.05) is 11.3 Å². The van der Waals surface area contributed by atoms with Crippen molar-refractivity contribution < 1.29 is 41.0 Å². The number of rotatable bonds is 6. The van der Waals surface area contributed by atoms with Crippen LogP contribution in [0.1, 0.15) is 18.1 Å². The first kappa shape index (κ1) is 24.2. The maximum atomic E-state index is 13.3. The number of halogens is 3. The predicted molar refractivity (Wildman–Crippen MR) is 104 cm³/mol. The SMILES string of the molecule is CCOC(=O)[C@@](O)(c1ccc(NC(=O)NS(=O)(=O)c2ccc(C)cc2)cc1)C(F)(F)F. The number of nitrogens with one attached hydrogen (secondary N) is 2. The molecule has 8 nitrogen and oxygen atoms in total. The lowest BCUT2D eigenvalue weighted by molar-refractivity contribution is -0.267. The van der Waals surface area contributed by atoms with E-state index in [1.165, 1.54) is 31.2 Å². The zero-order valence-corrected chi connectivity index (χ0v) is 17.2. The highest BCUT2D eigenvalue weighted by molar-refractivity contribution is 7.90. The van der Waals surface area contributed by atoms with E-state index < -0.39 is 39.4 Å². The van der Waals surface area contributed by atoms with E-state index in [1.807, 2.05) is 0 Å². The summed E-state index contributed by atoms with van der Waals surface area (Å²) in [6.45, 7) is 2.65. The summed E-state index contributed by atoms with van der Waals surface area (Å²) in [7, 11) is -4.18. The average Bonchev–Trinajstić information content (AvgIpc) is 2.67. The summed E-state index contributed by atoms with van der Waals surface area (Å²) in [5.41, 5.74) is -4.02. The Morgan fingerprint density at radius 1 is 1.03 bits per heavy atom. The van der Waals surface area contributed by atoms with Crippen molar-refractivity contribution in [3.05, 3.63) is 59.7 Å². The molecule has 168 valence electrons. The number of benzene rings is 2. The van der Waals surface area contributed by atoms with Gasteiger partial charge in [-0.05, 0) is 38.1 Å². The summed E-state index contributed by atoms with van der Waals surface area (Å²) >= 11 is 0. The van der Waals surface area contributed by atoms with Crippen LogP contribution in [0.15, 0.2) is 53.4 Å². The molecule has 0 spiro atoms. The molecule has 2 aromatic rings. The molecule has 0 unspecified atom stereocenters. The van der Waals surface area contributed by atoms with Gasteiger partial charge in [0.15, 0.2) is 0 Å². The fraction of sp³-hybridized carbons (Fsp3) is 0.263. The molecule has 0 aromatic heterocycles. The minimum absolute atomic E-state index is 0.0891. The molecule has 31 heavy (non-hydrogen) atoms. The average molecular weight is 460 g/mol. The topological polar surface area (TPSA) is 122 Å². The fourth-order valence-electron chi connectivity index (χ4n) is 2.48. The van der Waals surface area contributed by atoms with Gasteiger partial charge >= 0.3 is 18.2 Å². The number of hydrogen-bond acceptors (Lipinski definition) is 6. The fourth-order valence-corrected chi connectivity index (χ4v) is 3.39. The summed E-state index contributed by atoms with van der Waals surface area (Å²) < 4.78 is 70.5. The molecule has 0 saturated heterocycles. The summed E-state index contributed by atoms with van der Waals surface area (Å²) in [5, 5.41) is 12.2. The molecule has 0 aliphatic heterocycles. The molecule has 12 heteroatoms. The van der Waals surface area contributed by atoms with E-state index in [0.29, 0.717) is 0 Å². The van der Waals surface area contributed by atoms with Crippen molar-refractivity contribution in [2.24, 2.45) is 0 Å². The molecule has 3 N–H and O–H groups in total. The second-order valence-electron chi connectivity index (χ2n) is 6.38. The minimum Gasteiger partial charge on any atom is -0.463 e. The first-order valence-corrected chi connectivity index (χ1v) is 10.3. The highest BCUT2D eigenvalue weighted by atomic mass is 32.2. The van der Waals surface area contributed by atoms with Crippen LogP contribution in [0.5, 0.6) is 0 Å². The summed E-state index contributed by atoms with van der Waals surface area (Å²) in [5.74, 6) is -1.90. The van der Waals surface area contributed by atoms with Crippen molar-refractivity contribution in [1.29, 1.82) is 0 Å². The van der Waals surface area contributed by atoms with Crippen LogP contribution >= 0.6 is 0 Å². The monoisotopic (exact) mass is 460 g/mol. The summed E-state index contributed by atoms with van der Waals surface area (Å²) in [6, 6.07) is 7.95. The molecule has 1 atom stereocenters. The van der Waals surface area contributed by atoms with Crippen molar-refractivity contribution in [2.75, 3.05) is 11.9 Å². The lowest BCUT2D eigenvalue weighted by atomic mass is 9.93. The van der Waals surface area contributed by atoms with Crippen molar-refractivity contribution in [3.63, 3.8) is 0 Å². The normalized spacial score (nSPS) is 13.7.